The average Bonchev–Trinajstić information content (AvgIpc) is 3.75. The van der Waals surface area contributed by atoms with E-state index in [0.29, 0.717) is 60.1 Å². The monoisotopic (exact) mass is 651 g/mol. The maximum atomic E-state index is 13.4. The number of aliphatic hydroxyl groups is 1. The van der Waals surface area contributed by atoms with E-state index in [0.717, 1.165) is 28.2 Å². The van der Waals surface area contributed by atoms with Gasteiger partial charge in [0.2, 0.25) is 0 Å². The second-order valence-electron chi connectivity index (χ2n) is 12.8. The molecule has 7 rings (SSSR count). The summed E-state index contributed by atoms with van der Waals surface area (Å²) in [4.78, 5) is 18.1. The number of aromatic nitrogens is 6. The number of halogens is 2. The summed E-state index contributed by atoms with van der Waals surface area (Å²) < 4.78 is 53.0. The molecule has 0 unspecified atom stereocenters. The summed E-state index contributed by atoms with van der Waals surface area (Å²) in [5, 5.41) is 24.1. The normalized spacial score (nSPS) is 23.0. The Morgan fingerprint density at radius 3 is 2.43 bits per heavy atom. The molecule has 0 aliphatic heterocycles. The smallest absolute Gasteiger partial charge is 0.256 e. The van der Waals surface area contributed by atoms with Crippen molar-refractivity contribution in [2.45, 2.75) is 87.1 Å². The highest BCUT2D eigenvalue weighted by Gasteiger charge is 2.45. The van der Waals surface area contributed by atoms with Crippen molar-refractivity contribution in [2.24, 2.45) is 0 Å². The summed E-state index contributed by atoms with van der Waals surface area (Å²) in [5.74, 6) is -1.37. The van der Waals surface area contributed by atoms with Crippen molar-refractivity contribution in [2.75, 3.05) is 16.0 Å². The van der Waals surface area contributed by atoms with Crippen LogP contribution in [0.2, 0.25) is 0 Å². The maximum Gasteiger partial charge on any atom is 0.256 e. The zero-order valence-electron chi connectivity index (χ0n) is 25.2. The summed E-state index contributed by atoms with van der Waals surface area (Å²) in [6.45, 7) is 1.86. The van der Waals surface area contributed by atoms with E-state index in [1.54, 1.807) is 30.7 Å². The molecule has 4 heterocycles. The topological polar surface area (TPSA) is 160 Å². The summed E-state index contributed by atoms with van der Waals surface area (Å²) >= 11 is 0. The van der Waals surface area contributed by atoms with E-state index >= 15 is 0 Å². The highest BCUT2D eigenvalue weighted by Crippen LogP contribution is 2.40. The van der Waals surface area contributed by atoms with Gasteiger partial charge in [0.25, 0.3) is 15.9 Å². The summed E-state index contributed by atoms with van der Waals surface area (Å²) in [5.41, 5.74) is 2.62. The van der Waals surface area contributed by atoms with Crippen LogP contribution in [-0.4, -0.2) is 71.5 Å². The Kier molecular flexibility index (Phi) is 7.62. The SMILES string of the molecule is CC1(O)CCC(Nc2cc(Nc3ccnc(-c4cnn(S(=O)(=O)C5CC5)c4)n3)ncc2-c2cc(NC3CC(F)(F)C3)ccn2)CC1. The molecule has 0 bridgehead atoms. The Bertz CT molecular complexity index is 1850. The summed E-state index contributed by atoms with van der Waals surface area (Å²) in [7, 11) is -3.51. The number of anilines is 4. The molecule has 0 aromatic carbocycles. The number of rotatable bonds is 10. The fourth-order valence-corrected chi connectivity index (χ4v) is 7.37. The Morgan fingerprint density at radius 2 is 1.70 bits per heavy atom. The maximum absolute atomic E-state index is 13.4. The van der Waals surface area contributed by atoms with Crippen LogP contribution in [0.1, 0.15) is 58.3 Å². The molecule has 4 aromatic heterocycles. The van der Waals surface area contributed by atoms with Crippen molar-refractivity contribution in [3.63, 3.8) is 0 Å². The molecule has 0 amide bonds. The first-order valence-corrected chi connectivity index (χ1v) is 16.9. The third kappa shape index (κ3) is 6.65. The third-order valence-electron chi connectivity index (χ3n) is 8.76. The molecular formula is C31H35F2N9O3S. The van der Waals surface area contributed by atoms with E-state index in [4.69, 9.17) is 0 Å². The van der Waals surface area contributed by atoms with Crippen LogP contribution < -0.4 is 16.0 Å². The zero-order chi connectivity index (χ0) is 32.1. The highest BCUT2D eigenvalue weighted by molar-refractivity contribution is 7.90. The molecule has 46 heavy (non-hydrogen) atoms. The number of alkyl halides is 2. The fourth-order valence-electron chi connectivity index (χ4n) is 5.89. The van der Waals surface area contributed by atoms with E-state index in [1.165, 1.54) is 12.4 Å². The lowest BCUT2D eigenvalue weighted by Gasteiger charge is -2.36. The molecule has 3 saturated carbocycles. The fraction of sp³-hybridized carbons (Fsp3) is 0.452. The lowest BCUT2D eigenvalue weighted by atomic mass is 9.83. The first-order valence-electron chi connectivity index (χ1n) is 15.4. The molecule has 15 heteroatoms. The van der Waals surface area contributed by atoms with Crippen LogP contribution in [0.3, 0.4) is 0 Å². The van der Waals surface area contributed by atoms with Gasteiger partial charge in [-0.25, -0.2) is 32.2 Å². The van der Waals surface area contributed by atoms with Gasteiger partial charge in [0.15, 0.2) is 5.82 Å². The molecular weight excluding hydrogens is 616 g/mol. The third-order valence-corrected chi connectivity index (χ3v) is 10.8. The largest absolute Gasteiger partial charge is 0.390 e. The van der Waals surface area contributed by atoms with Crippen molar-refractivity contribution < 1.29 is 22.3 Å². The van der Waals surface area contributed by atoms with E-state index in [9.17, 15) is 22.3 Å². The number of nitrogens with one attached hydrogen (secondary N) is 3. The van der Waals surface area contributed by atoms with Crippen LogP contribution in [0.4, 0.5) is 31.8 Å². The summed E-state index contributed by atoms with van der Waals surface area (Å²) in [6.07, 6.45) is 11.5. The number of pyridine rings is 2. The van der Waals surface area contributed by atoms with Gasteiger partial charge >= 0.3 is 0 Å². The van der Waals surface area contributed by atoms with E-state index in [2.05, 4.69) is 41.0 Å². The van der Waals surface area contributed by atoms with Gasteiger partial charge in [0, 0.05) is 66.5 Å². The molecule has 12 nitrogen and oxygen atoms in total. The quantitative estimate of drug-likeness (QED) is 0.179. The van der Waals surface area contributed by atoms with Crippen LogP contribution in [0, 0.1) is 0 Å². The zero-order valence-corrected chi connectivity index (χ0v) is 26.0. The second kappa shape index (κ2) is 11.5. The Balaban J connectivity index is 1.14. The lowest BCUT2D eigenvalue weighted by Crippen LogP contribution is -2.44. The van der Waals surface area contributed by atoms with E-state index < -0.39 is 26.8 Å². The molecule has 242 valence electrons. The van der Waals surface area contributed by atoms with Crippen molar-refractivity contribution >= 4 is 33.0 Å². The molecule has 3 aliphatic rings. The Hall–Kier alpha value is -4.24. The Labute approximate surface area is 265 Å². The van der Waals surface area contributed by atoms with Gasteiger partial charge in [-0.3, -0.25) is 4.98 Å². The van der Waals surface area contributed by atoms with Gasteiger partial charge in [0.1, 0.15) is 11.6 Å². The predicted octanol–water partition coefficient (Wildman–Crippen LogP) is 5.20. The van der Waals surface area contributed by atoms with Crippen molar-refractivity contribution in [3.8, 4) is 22.6 Å². The van der Waals surface area contributed by atoms with Crippen LogP contribution in [0.25, 0.3) is 22.6 Å². The molecule has 0 atom stereocenters. The van der Waals surface area contributed by atoms with Gasteiger partial charge in [0.05, 0.1) is 34.5 Å². The molecule has 0 saturated heterocycles. The number of hydrogen-bond acceptors (Lipinski definition) is 11. The molecule has 3 fully saturated rings. The Morgan fingerprint density at radius 1 is 0.935 bits per heavy atom. The van der Waals surface area contributed by atoms with Crippen LogP contribution in [-0.2, 0) is 10.0 Å². The van der Waals surface area contributed by atoms with Gasteiger partial charge in [-0.1, -0.05) is 0 Å². The first-order chi connectivity index (χ1) is 21.9. The van der Waals surface area contributed by atoms with Crippen molar-refractivity contribution in [1.29, 1.82) is 0 Å². The molecule has 4 aromatic rings. The second-order valence-corrected chi connectivity index (χ2v) is 14.9. The van der Waals surface area contributed by atoms with E-state index in [-0.39, 0.29) is 24.9 Å². The molecule has 4 N–H and O–H groups in total. The van der Waals surface area contributed by atoms with Crippen LogP contribution in [0.15, 0.2) is 55.2 Å². The standard InChI is InChI=1S/C31H35F2N9O3S/c1-30(43)8-4-20(5-9-30)39-26-13-28(36-17-24(26)25-12-21(6-10-34-25)38-22-14-31(32,33)15-22)40-27-7-11-35-29(41-27)19-16-37-42(18-19)46(44,45)23-2-3-23/h6-7,10-13,16-18,20,22-23,43H,2-5,8-9,14-15H2,1H3,(H,34,38)(H2,35,36,39,40,41). The van der Waals surface area contributed by atoms with Gasteiger partial charge < -0.3 is 21.1 Å². The lowest BCUT2D eigenvalue weighted by molar-refractivity contribution is -0.0793. The first kappa shape index (κ1) is 30.4. The molecule has 0 radical (unpaired) electrons. The molecule has 0 spiro atoms. The van der Waals surface area contributed by atoms with Crippen molar-refractivity contribution in [1.82, 2.24) is 29.1 Å². The minimum absolute atomic E-state index is 0.113. The number of hydrogen-bond donors (Lipinski definition) is 4. The van der Waals surface area contributed by atoms with Crippen molar-refractivity contribution in [3.05, 3.63) is 55.2 Å². The number of nitrogens with zero attached hydrogens (tertiary/aromatic N) is 6. The van der Waals surface area contributed by atoms with Gasteiger partial charge in [-0.05, 0) is 63.6 Å². The van der Waals surface area contributed by atoms with Gasteiger partial charge in [-0.15, -0.1) is 0 Å². The van der Waals surface area contributed by atoms with E-state index in [1.807, 2.05) is 19.1 Å². The van der Waals surface area contributed by atoms with Gasteiger partial charge in [-0.2, -0.15) is 9.19 Å². The van der Waals surface area contributed by atoms with Crippen LogP contribution in [0.5, 0.6) is 0 Å². The minimum Gasteiger partial charge on any atom is -0.390 e. The average molecular weight is 652 g/mol. The minimum atomic E-state index is -3.51. The summed E-state index contributed by atoms with van der Waals surface area (Å²) in [6, 6.07) is 6.95. The highest BCUT2D eigenvalue weighted by atomic mass is 32.2. The van der Waals surface area contributed by atoms with Crippen LogP contribution >= 0.6 is 0 Å². The molecule has 3 aliphatic carbocycles. The predicted molar refractivity (Wildman–Crippen MR) is 169 cm³/mol.